The van der Waals surface area contributed by atoms with Crippen LogP contribution in [0.4, 0.5) is 18.9 Å². The average Bonchev–Trinajstić information content (AvgIpc) is 2.73. The number of carbonyl (C=O) groups excluding carboxylic acids is 2. The topological polar surface area (TPSA) is 86.8 Å². The molecule has 0 radical (unpaired) electrons. The molecule has 0 heterocycles. The van der Waals surface area contributed by atoms with Gasteiger partial charge >= 0.3 is 6.18 Å². The smallest absolute Gasteiger partial charge is 0.352 e. The first kappa shape index (κ1) is 29.9. The summed E-state index contributed by atoms with van der Waals surface area (Å²) in [6.45, 7) is 4.04. The zero-order valence-electron chi connectivity index (χ0n) is 19.9. The maximum absolute atomic E-state index is 13.5. The average molecular weight is 613 g/mol. The Morgan fingerprint density at radius 2 is 1.75 bits per heavy atom. The molecule has 2 aromatic rings. The van der Waals surface area contributed by atoms with Crippen LogP contribution in [0.15, 0.2) is 46.9 Å². The normalized spacial score (nSPS) is 12.8. The van der Waals surface area contributed by atoms with E-state index in [4.69, 9.17) is 11.6 Å². The fourth-order valence-corrected chi connectivity index (χ4v) is 4.86. The summed E-state index contributed by atoms with van der Waals surface area (Å²) in [6.07, 6.45) is -4.01. The van der Waals surface area contributed by atoms with E-state index in [-0.39, 0.29) is 17.6 Å². The molecule has 13 heteroatoms. The quantitative estimate of drug-likeness (QED) is 0.440. The standard InChI is InChI=1S/C23H26BrClF3N3O4S/c1-14(2)29-22(33)15(3)30(12-16-6-5-7-18(24)10-16)21(32)13-31(36(4,34)35)20-11-17(23(26,27)28)8-9-19(20)25/h5-11,14-15H,12-13H2,1-4H3,(H,29,33). The first-order valence-electron chi connectivity index (χ1n) is 10.7. The molecule has 0 saturated carbocycles. The SMILES string of the molecule is CC(C)NC(=O)C(C)N(Cc1cccc(Br)c1)C(=O)CN(c1cc(C(F)(F)F)ccc1Cl)S(C)(=O)=O. The molecule has 0 aromatic heterocycles. The highest BCUT2D eigenvalue weighted by molar-refractivity contribution is 9.10. The second kappa shape index (κ2) is 11.8. The van der Waals surface area contributed by atoms with E-state index in [1.807, 2.05) is 0 Å². The summed E-state index contributed by atoms with van der Waals surface area (Å²) in [5, 5.41) is 2.42. The van der Waals surface area contributed by atoms with E-state index in [1.165, 1.54) is 11.8 Å². The molecule has 0 saturated heterocycles. The molecule has 2 amide bonds. The molecule has 2 rings (SSSR count). The summed E-state index contributed by atoms with van der Waals surface area (Å²) in [7, 11) is -4.25. The molecule has 0 spiro atoms. The van der Waals surface area contributed by atoms with Crippen molar-refractivity contribution in [2.75, 3.05) is 17.1 Å². The van der Waals surface area contributed by atoms with Crippen LogP contribution in [0.1, 0.15) is 31.9 Å². The third-order valence-electron chi connectivity index (χ3n) is 5.06. The van der Waals surface area contributed by atoms with Crippen LogP contribution in [0.3, 0.4) is 0 Å². The Hall–Kier alpha value is -2.31. The molecule has 7 nitrogen and oxygen atoms in total. The molecule has 0 fully saturated rings. The van der Waals surface area contributed by atoms with Crippen molar-refractivity contribution in [3.05, 3.63) is 63.1 Å². The predicted molar refractivity (Wildman–Crippen MR) is 136 cm³/mol. The van der Waals surface area contributed by atoms with Gasteiger partial charge in [0.05, 0.1) is 22.5 Å². The van der Waals surface area contributed by atoms with Crippen molar-refractivity contribution in [1.82, 2.24) is 10.2 Å². The van der Waals surface area contributed by atoms with Crippen molar-refractivity contribution in [2.45, 2.75) is 45.6 Å². The summed E-state index contributed by atoms with van der Waals surface area (Å²) >= 11 is 9.40. The van der Waals surface area contributed by atoms with Crippen LogP contribution in [0.2, 0.25) is 5.02 Å². The molecule has 0 bridgehead atoms. The molecular weight excluding hydrogens is 587 g/mol. The number of hydrogen-bond donors (Lipinski definition) is 1. The van der Waals surface area contributed by atoms with Crippen molar-refractivity contribution in [2.24, 2.45) is 0 Å². The van der Waals surface area contributed by atoms with Gasteiger partial charge in [-0.1, -0.05) is 39.7 Å². The number of halogens is 5. The van der Waals surface area contributed by atoms with Gasteiger partial charge in [0.25, 0.3) is 0 Å². The highest BCUT2D eigenvalue weighted by Gasteiger charge is 2.34. The van der Waals surface area contributed by atoms with E-state index in [9.17, 15) is 31.2 Å². The summed E-state index contributed by atoms with van der Waals surface area (Å²) in [5.41, 5.74) is -0.979. The summed E-state index contributed by atoms with van der Waals surface area (Å²) < 4.78 is 66.3. The molecule has 1 N–H and O–H groups in total. The molecule has 2 aromatic carbocycles. The fourth-order valence-electron chi connectivity index (χ4n) is 3.29. The minimum Gasteiger partial charge on any atom is -0.352 e. The van der Waals surface area contributed by atoms with Gasteiger partial charge in [-0.3, -0.25) is 13.9 Å². The molecular formula is C23H26BrClF3N3O4S. The van der Waals surface area contributed by atoms with Crippen LogP contribution in [0.5, 0.6) is 0 Å². The number of nitrogens with zero attached hydrogens (tertiary/aromatic N) is 2. The highest BCUT2D eigenvalue weighted by Crippen LogP contribution is 2.36. The minimum absolute atomic E-state index is 0.0567. The summed E-state index contributed by atoms with van der Waals surface area (Å²) in [5.74, 6) is -1.28. The van der Waals surface area contributed by atoms with Crippen molar-refractivity contribution in [3.63, 3.8) is 0 Å². The number of amides is 2. The zero-order chi connectivity index (χ0) is 27.4. The maximum Gasteiger partial charge on any atom is 0.416 e. The number of alkyl halides is 3. The van der Waals surface area contributed by atoms with Crippen LogP contribution in [0.25, 0.3) is 0 Å². The van der Waals surface area contributed by atoms with Crippen molar-refractivity contribution >= 4 is 55.1 Å². The fraction of sp³-hybridized carbons (Fsp3) is 0.391. The van der Waals surface area contributed by atoms with Crippen molar-refractivity contribution in [3.8, 4) is 0 Å². The number of carbonyl (C=O) groups is 2. The van der Waals surface area contributed by atoms with E-state index in [2.05, 4.69) is 21.2 Å². The van der Waals surface area contributed by atoms with Gasteiger partial charge < -0.3 is 10.2 Å². The lowest BCUT2D eigenvalue weighted by molar-refractivity contribution is -0.139. The van der Waals surface area contributed by atoms with E-state index in [0.717, 1.165) is 16.8 Å². The zero-order valence-corrected chi connectivity index (χ0v) is 23.1. The first-order chi connectivity index (χ1) is 16.5. The summed E-state index contributed by atoms with van der Waals surface area (Å²) in [4.78, 5) is 27.3. The summed E-state index contributed by atoms with van der Waals surface area (Å²) in [6, 6.07) is 7.91. The predicted octanol–water partition coefficient (Wildman–Crippen LogP) is 4.83. The third kappa shape index (κ3) is 8.10. The molecule has 0 aliphatic rings. The molecule has 198 valence electrons. The number of nitrogens with one attached hydrogen (secondary N) is 1. The van der Waals surface area contributed by atoms with Crippen molar-refractivity contribution < 1.29 is 31.2 Å². The number of anilines is 1. The molecule has 0 aliphatic heterocycles. The van der Waals surface area contributed by atoms with Gasteiger partial charge in [0.15, 0.2) is 0 Å². The number of hydrogen-bond acceptors (Lipinski definition) is 4. The Morgan fingerprint density at radius 3 is 2.28 bits per heavy atom. The number of sulfonamides is 1. The largest absolute Gasteiger partial charge is 0.416 e. The lowest BCUT2D eigenvalue weighted by Crippen LogP contribution is -2.52. The second-order valence-corrected chi connectivity index (χ2v) is 11.7. The van der Waals surface area contributed by atoms with E-state index >= 15 is 0 Å². The molecule has 36 heavy (non-hydrogen) atoms. The number of benzene rings is 2. The minimum atomic E-state index is -4.76. The van der Waals surface area contributed by atoms with Gasteiger partial charge in [0.2, 0.25) is 21.8 Å². The monoisotopic (exact) mass is 611 g/mol. The van der Waals surface area contributed by atoms with Gasteiger partial charge in [0.1, 0.15) is 12.6 Å². The molecule has 1 atom stereocenters. The molecule has 0 aliphatic carbocycles. The van der Waals surface area contributed by atoms with Crippen LogP contribution in [-0.4, -0.2) is 50.0 Å². The van der Waals surface area contributed by atoms with E-state index in [1.54, 1.807) is 38.1 Å². The Bertz CT molecular complexity index is 1230. The molecule has 1 unspecified atom stereocenters. The van der Waals surface area contributed by atoms with Gasteiger partial charge in [-0.15, -0.1) is 0 Å². The van der Waals surface area contributed by atoms with Gasteiger partial charge in [0, 0.05) is 17.1 Å². The van der Waals surface area contributed by atoms with Gasteiger partial charge in [-0.2, -0.15) is 13.2 Å². The van der Waals surface area contributed by atoms with E-state index in [0.29, 0.717) is 22.0 Å². The van der Waals surface area contributed by atoms with Gasteiger partial charge in [-0.25, -0.2) is 8.42 Å². The second-order valence-electron chi connectivity index (χ2n) is 8.42. The van der Waals surface area contributed by atoms with Crippen LogP contribution in [0, 0.1) is 0 Å². The van der Waals surface area contributed by atoms with E-state index < -0.39 is 51.9 Å². The lowest BCUT2D eigenvalue weighted by atomic mass is 10.1. The lowest BCUT2D eigenvalue weighted by Gasteiger charge is -2.32. The van der Waals surface area contributed by atoms with Crippen LogP contribution < -0.4 is 9.62 Å². The Labute approximate surface area is 221 Å². The van der Waals surface area contributed by atoms with Gasteiger partial charge in [-0.05, 0) is 56.7 Å². The van der Waals surface area contributed by atoms with Crippen LogP contribution >= 0.6 is 27.5 Å². The Morgan fingerprint density at radius 1 is 1.11 bits per heavy atom. The van der Waals surface area contributed by atoms with Crippen LogP contribution in [-0.2, 0) is 32.3 Å². The Kier molecular flexibility index (Phi) is 9.83. The first-order valence-corrected chi connectivity index (χ1v) is 13.7. The Balaban J connectivity index is 2.50. The third-order valence-corrected chi connectivity index (χ3v) is 7.00. The highest BCUT2D eigenvalue weighted by atomic mass is 79.9. The van der Waals surface area contributed by atoms with Crippen molar-refractivity contribution in [1.29, 1.82) is 0 Å². The number of rotatable bonds is 9. The maximum atomic E-state index is 13.5.